The Balaban J connectivity index is 0.991. The highest BCUT2D eigenvalue weighted by Crippen LogP contribution is 2.63. The first-order valence-corrected chi connectivity index (χ1v) is 23.2. The summed E-state index contributed by atoms with van der Waals surface area (Å²) in [7, 11) is 0. The fourth-order valence-corrected chi connectivity index (χ4v) is 11.7. The molecule has 2 nitrogen and oxygen atoms in total. The lowest BCUT2D eigenvalue weighted by atomic mass is 9.70. The highest BCUT2D eigenvalue weighted by Gasteiger charge is 2.51. The van der Waals surface area contributed by atoms with E-state index < -0.39 is 5.41 Å². The number of nitrogens with zero attached hydrogens (tertiary/aromatic N) is 1. The van der Waals surface area contributed by atoms with Crippen LogP contribution in [-0.2, 0) is 5.41 Å². The maximum Gasteiger partial charge on any atom is 0.143 e. The number of para-hydroxylation sites is 1. The van der Waals surface area contributed by atoms with E-state index in [1.807, 2.05) is 0 Å². The number of fused-ring (bicyclic) bond motifs is 15. The highest BCUT2D eigenvalue weighted by molar-refractivity contribution is 6.26. The van der Waals surface area contributed by atoms with Gasteiger partial charge in [0.1, 0.15) is 11.2 Å². The van der Waals surface area contributed by atoms with Crippen molar-refractivity contribution in [2.24, 2.45) is 0 Å². The lowest BCUT2D eigenvalue weighted by molar-refractivity contribution is 0.673. The van der Waals surface area contributed by atoms with Crippen molar-refractivity contribution in [1.82, 2.24) is 0 Å². The monoisotopic (exact) mass is 851 g/mol. The molecule has 0 amide bonds. The van der Waals surface area contributed by atoms with Gasteiger partial charge in [-0.2, -0.15) is 0 Å². The van der Waals surface area contributed by atoms with E-state index >= 15 is 0 Å². The Morgan fingerprint density at radius 3 is 1.34 bits per heavy atom. The summed E-state index contributed by atoms with van der Waals surface area (Å²) in [5, 5.41) is 4.53. The first-order chi connectivity index (χ1) is 33.3. The maximum atomic E-state index is 6.72. The van der Waals surface area contributed by atoms with Crippen LogP contribution in [0.2, 0.25) is 0 Å². The molecular weight excluding hydrogens is 811 g/mol. The van der Waals surface area contributed by atoms with Gasteiger partial charge in [0.05, 0.1) is 5.41 Å². The van der Waals surface area contributed by atoms with Gasteiger partial charge in [-0.3, -0.25) is 0 Å². The third-order valence-electron chi connectivity index (χ3n) is 14.5. The summed E-state index contributed by atoms with van der Waals surface area (Å²) in [5.41, 5.74) is 22.2. The molecule has 0 atom stereocenters. The van der Waals surface area contributed by atoms with Crippen LogP contribution < -0.4 is 4.90 Å². The van der Waals surface area contributed by atoms with Gasteiger partial charge in [0.25, 0.3) is 0 Å². The van der Waals surface area contributed by atoms with E-state index in [1.165, 1.54) is 66.8 Å². The van der Waals surface area contributed by atoms with Gasteiger partial charge in [-0.05, 0) is 120 Å². The summed E-state index contributed by atoms with van der Waals surface area (Å²) in [5.74, 6) is 0. The molecule has 0 fully saturated rings. The number of hydrogen-bond acceptors (Lipinski definition) is 2. The molecule has 0 N–H and O–H groups in total. The van der Waals surface area contributed by atoms with Crippen molar-refractivity contribution in [2.45, 2.75) is 5.41 Å². The zero-order chi connectivity index (χ0) is 44.1. The number of anilines is 3. The number of hydrogen-bond donors (Lipinski definition) is 0. The van der Waals surface area contributed by atoms with E-state index in [1.54, 1.807) is 0 Å². The molecule has 312 valence electrons. The Morgan fingerprint density at radius 1 is 0.299 bits per heavy atom. The van der Waals surface area contributed by atoms with Gasteiger partial charge in [-0.25, -0.2) is 0 Å². The number of rotatable bonds is 6. The van der Waals surface area contributed by atoms with Crippen molar-refractivity contribution >= 4 is 49.8 Å². The lowest BCUT2D eigenvalue weighted by Crippen LogP contribution is -2.26. The molecule has 14 rings (SSSR count). The number of furan rings is 1. The second kappa shape index (κ2) is 14.7. The molecule has 1 spiro atoms. The summed E-state index contributed by atoms with van der Waals surface area (Å²) in [6, 6.07) is 91.2. The third kappa shape index (κ3) is 5.45. The molecule has 11 aromatic carbocycles. The van der Waals surface area contributed by atoms with E-state index in [4.69, 9.17) is 4.42 Å². The summed E-state index contributed by atoms with van der Waals surface area (Å²) in [6.07, 6.45) is 0. The Labute approximate surface area is 389 Å². The Bertz CT molecular complexity index is 3840. The molecule has 0 unspecified atom stereocenters. The van der Waals surface area contributed by atoms with Crippen LogP contribution in [0, 0.1) is 0 Å². The van der Waals surface area contributed by atoms with Crippen LogP contribution in [0.15, 0.2) is 253 Å². The largest absolute Gasteiger partial charge is 0.455 e. The molecule has 1 heterocycles. The van der Waals surface area contributed by atoms with Crippen LogP contribution in [0.1, 0.15) is 22.3 Å². The van der Waals surface area contributed by atoms with Crippen LogP contribution in [0.25, 0.3) is 88.3 Å². The van der Waals surface area contributed by atoms with Crippen molar-refractivity contribution < 1.29 is 4.42 Å². The summed E-state index contributed by atoms with van der Waals surface area (Å²) in [6.45, 7) is 0. The van der Waals surface area contributed by atoms with Gasteiger partial charge in [0, 0.05) is 38.8 Å². The van der Waals surface area contributed by atoms with Gasteiger partial charge in [0.2, 0.25) is 0 Å². The fourth-order valence-electron chi connectivity index (χ4n) is 11.7. The SMILES string of the molecule is c1ccc(-c2ccc(N(c3ccc(-c4c(-c5ccccc5)c5c6ccccc6oc5c5ccccc45)cc3)c3ccc4c(c3)C3(c5ccccc5-c5ccccc53)c3ccccc3-4)cc2)cc1. The second-order valence-electron chi connectivity index (χ2n) is 17.9. The van der Waals surface area contributed by atoms with Crippen molar-refractivity contribution in [3.63, 3.8) is 0 Å². The quantitative estimate of drug-likeness (QED) is 0.166. The van der Waals surface area contributed by atoms with E-state index in [0.717, 1.165) is 60.9 Å². The third-order valence-corrected chi connectivity index (χ3v) is 14.5. The van der Waals surface area contributed by atoms with E-state index in [0.29, 0.717) is 0 Å². The summed E-state index contributed by atoms with van der Waals surface area (Å²) in [4.78, 5) is 2.44. The molecule has 2 heteroatoms. The highest BCUT2D eigenvalue weighted by atomic mass is 16.3. The maximum absolute atomic E-state index is 6.72. The molecule has 2 aliphatic carbocycles. The summed E-state index contributed by atoms with van der Waals surface area (Å²) < 4.78 is 6.72. The molecule has 0 saturated heterocycles. The van der Waals surface area contributed by atoms with Gasteiger partial charge >= 0.3 is 0 Å². The topological polar surface area (TPSA) is 16.4 Å². The molecule has 0 radical (unpaired) electrons. The molecule has 67 heavy (non-hydrogen) atoms. The molecule has 0 aliphatic heterocycles. The van der Waals surface area contributed by atoms with E-state index in [9.17, 15) is 0 Å². The fraction of sp³-hybridized carbons (Fsp3) is 0.0154. The van der Waals surface area contributed by atoms with Crippen molar-refractivity contribution in [2.75, 3.05) is 4.90 Å². The lowest BCUT2D eigenvalue weighted by Gasteiger charge is -2.32. The predicted molar refractivity (Wildman–Crippen MR) is 279 cm³/mol. The normalized spacial score (nSPS) is 12.9. The van der Waals surface area contributed by atoms with Gasteiger partial charge in [-0.1, -0.05) is 206 Å². The zero-order valence-corrected chi connectivity index (χ0v) is 36.5. The minimum Gasteiger partial charge on any atom is -0.455 e. The van der Waals surface area contributed by atoms with Crippen LogP contribution in [0.3, 0.4) is 0 Å². The second-order valence-corrected chi connectivity index (χ2v) is 17.9. The average Bonchev–Trinajstić information content (AvgIpc) is 4.04. The van der Waals surface area contributed by atoms with E-state index in [-0.39, 0.29) is 0 Å². The molecule has 0 bridgehead atoms. The molecule has 1 aromatic heterocycles. The van der Waals surface area contributed by atoms with Gasteiger partial charge in [0.15, 0.2) is 0 Å². The smallest absolute Gasteiger partial charge is 0.143 e. The number of benzene rings is 11. The van der Waals surface area contributed by atoms with Crippen molar-refractivity contribution in [1.29, 1.82) is 0 Å². The molecular formula is C65H41NO. The standard InChI is InChI=1S/C65H41NO/c1-3-17-42(18-4-1)43-31-35-46(36-32-43)66(48-39-40-52-51-23-11-15-29-58(51)65(59(52)41-48)56-27-13-9-21-49(56)50-22-10-14-28-57(50)65)47-37-33-45(34-38-47)61-53-24-7-8-25-54(53)64-63(55-26-12-16-30-60(55)67-64)62(61)44-19-5-2-6-20-44/h1-41H. The Kier molecular flexibility index (Phi) is 8.23. The predicted octanol–water partition coefficient (Wildman–Crippen LogP) is 17.6. The van der Waals surface area contributed by atoms with Crippen LogP contribution in [0.5, 0.6) is 0 Å². The first kappa shape index (κ1) is 37.6. The Morgan fingerprint density at radius 2 is 0.731 bits per heavy atom. The molecule has 12 aromatic rings. The zero-order valence-electron chi connectivity index (χ0n) is 36.5. The van der Waals surface area contributed by atoms with Gasteiger partial charge in [-0.15, -0.1) is 0 Å². The van der Waals surface area contributed by atoms with Crippen LogP contribution in [-0.4, -0.2) is 0 Å². The minimum absolute atomic E-state index is 0.452. The van der Waals surface area contributed by atoms with E-state index in [2.05, 4.69) is 254 Å². The van der Waals surface area contributed by atoms with Gasteiger partial charge < -0.3 is 9.32 Å². The molecule has 0 saturated carbocycles. The Hall–Kier alpha value is -8.72. The minimum atomic E-state index is -0.452. The first-order valence-electron chi connectivity index (χ1n) is 23.2. The van der Waals surface area contributed by atoms with Crippen LogP contribution in [0.4, 0.5) is 17.1 Å². The molecule has 2 aliphatic rings. The van der Waals surface area contributed by atoms with Crippen LogP contribution >= 0.6 is 0 Å². The summed E-state index contributed by atoms with van der Waals surface area (Å²) >= 11 is 0. The average molecular weight is 852 g/mol. The van der Waals surface area contributed by atoms with Crippen molar-refractivity contribution in [3.05, 3.63) is 271 Å². The van der Waals surface area contributed by atoms with Crippen molar-refractivity contribution in [3.8, 4) is 55.6 Å².